The summed E-state index contributed by atoms with van der Waals surface area (Å²) in [4.78, 5) is 0. The molecule has 1 aromatic rings. The van der Waals surface area contributed by atoms with Gasteiger partial charge in [-0.3, -0.25) is 0 Å². The monoisotopic (exact) mass is 154 g/mol. The van der Waals surface area contributed by atoms with Gasteiger partial charge in [-0.1, -0.05) is 30.3 Å². The van der Waals surface area contributed by atoms with Gasteiger partial charge in [-0.15, -0.1) is 0 Å². The lowest BCUT2D eigenvalue weighted by Gasteiger charge is -2.08. The SMILES string of the molecule is [2H]N(C([2H])([2H])[2H])C([2H])(C)Cc1ccccc1. The van der Waals surface area contributed by atoms with Gasteiger partial charge in [0, 0.05) is 11.5 Å². The van der Waals surface area contributed by atoms with Crippen molar-refractivity contribution in [2.75, 3.05) is 6.98 Å². The van der Waals surface area contributed by atoms with Crippen molar-refractivity contribution < 1.29 is 6.89 Å². The Bertz CT molecular complexity index is 333. The fourth-order valence-corrected chi connectivity index (χ4v) is 0.931. The van der Waals surface area contributed by atoms with E-state index in [0.29, 0.717) is 5.31 Å². The fourth-order valence-electron chi connectivity index (χ4n) is 0.931. The molecule has 0 fully saturated rings. The van der Waals surface area contributed by atoms with Gasteiger partial charge < -0.3 is 5.31 Å². The van der Waals surface area contributed by atoms with Crippen LogP contribution in [-0.2, 0) is 6.42 Å². The zero-order chi connectivity index (χ0) is 12.4. The highest BCUT2D eigenvalue weighted by molar-refractivity contribution is 5.15. The minimum absolute atomic E-state index is 0.204. The van der Waals surface area contributed by atoms with E-state index in [4.69, 9.17) is 6.89 Å². The Morgan fingerprint density at radius 3 is 3.00 bits per heavy atom. The van der Waals surface area contributed by atoms with Crippen molar-refractivity contribution in [3.8, 4) is 0 Å². The van der Waals surface area contributed by atoms with E-state index in [1.54, 1.807) is 0 Å². The molecular weight excluding hydrogens is 134 g/mol. The van der Waals surface area contributed by atoms with E-state index in [2.05, 4.69) is 0 Å². The maximum absolute atomic E-state index is 7.90. The van der Waals surface area contributed by atoms with Crippen molar-refractivity contribution in [3.05, 3.63) is 35.9 Å². The van der Waals surface area contributed by atoms with Gasteiger partial charge in [-0.25, -0.2) is 0 Å². The van der Waals surface area contributed by atoms with Crippen LogP contribution in [0.15, 0.2) is 30.3 Å². The van der Waals surface area contributed by atoms with Gasteiger partial charge in [0.15, 0.2) is 0 Å². The minimum atomic E-state index is -2.56. The van der Waals surface area contributed by atoms with Gasteiger partial charge in [0.25, 0.3) is 0 Å². The van der Waals surface area contributed by atoms with E-state index in [1.807, 2.05) is 30.3 Å². The van der Waals surface area contributed by atoms with E-state index >= 15 is 0 Å². The molecule has 1 atom stereocenters. The molecule has 0 aromatic heterocycles. The molecule has 1 heteroatoms. The Kier molecular flexibility index (Phi) is 1.40. The van der Waals surface area contributed by atoms with Gasteiger partial charge in [0.2, 0.25) is 0 Å². The molecule has 1 nitrogen and oxygen atoms in total. The zero-order valence-corrected chi connectivity index (χ0v) is 6.54. The molecule has 0 saturated carbocycles. The number of hydrogen-bond acceptors (Lipinski definition) is 1. The lowest BCUT2D eigenvalue weighted by Crippen LogP contribution is -2.23. The summed E-state index contributed by atoms with van der Waals surface area (Å²) in [5.74, 6) is 0. The standard InChI is InChI=1S/C10H15N/c1-9(11-2)8-10-6-4-3-5-7-10/h3-7,9,11H,8H2,1-2H3/i2D3,9D/hD. The summed E-state index contributed by atoms with van der Waals surface area (Å²) in [5, 5.41) is 0.368. The number of likely N-dealkylation sites (N-methyl/N-ethyl adjacent to an activating group) is 1. The highest BCUT2D eigenvalue weighted by atomic mass is 14.8. The van der Waals surface area contributed by atoms with Gasteiger partial charge in [-0.05, 0) is 25.9 Å². The van der Waals surface area contributed by atoms with Crippen LogP contribution in [0.5, 0.6) is 0 Å². The Morgan fingerprint density at radius 2 is 2.36 bits per heavy atom. The third-order valence-electron chi connectivity index (χ3n) is 1.49. The van der Waals surface area contributed by atoms with E-state index in [-0.39, 0.29) is 6.42 Å². The first kappa shape index (κ1) is 3.72. The molecule has 60 valence electrons. The zero-order valence-electron chi connectivity index (χ0n) is 11.5. The summed E-state index contributed by atoms with van der Waals surface area (Å²) in [6.07, 6.45) is 0.204. The maximum atomic E-state index is 7.90. The smallest absolute Gasteiger partial charge is 0.122 e. The van der Waals surface area contributed by atoms with E-state index in [0.717, 1.165) is 5.56 Å². The molecule has 0 bridgehead atoms. The molecule has 0 aliphatic carbocycles. The van der Waals surface area contributed by atoms with Crippen LogP contribution < -0.4 is 5.31 Å². The van der Waals surface area contributed by atoms with Gasteiger partial charge in [0.05, 0.1) is 0 Å². The third-order valence-corrected chi connectivity index (χ3v) is 1.49. The van der Waals surface area contributed by atoms with Crippen molar-refractivity contribution in [3.63, 3.8) is 0 Å². The molecule has 1 rings (SSSR count). The number of benzene rings is 1. The van der Waals surface area contributed by atoms with Crippen LogP contribution in [0.4, 0.5) is 0 Å². The van der Waals surface area contributed by atoms with Gasteiger partial charge in [0.1, 0.15) is 1.41 Å². The maximum Gasteiger partial charge on any atom is 0.122 e. The number of rotatable bonds is 3. The van der Waals surface area contributed by atoms with Crippen LogP contribution in [0.3, 0.4) is 0 Å². The average molecular weight is 154 g/mol. The summed E-state index contributed by atoms with van der Waals surface area (Å²) >= 11 is 0. The van der Waals surface area contributed by atoms with Crippen molar-refractivity contribution in [1.82, 2.24) is 5.31 Å². The molecule has 1 N–H and O–H groups in total. The van der Waals surface area contributed by atoms with Crippen molar-refractivity contribution in [1.29, 1.82) is 0 Å². The summed E-state index contributed by atoms with van der Waals surface area (Å²) in [7, 11) is 0. The Hall–Kier alpha value is -0.820. The van der Waals surface area contributed by atoms with E-state index in [1.165, 1.54) is 6.92 Å². The second kappa shape index (κ2) is 4.14. The van der Waals surface area contributed by atoms with Gasteiger partial charge in [-0.2, -0.15) is 0 Å². The molecule has 0 amide bonds. The summed E-state index contributed by atoms with van der Waals surface area (Å²) in [5.41, 5.74) is 0.849. The number of hydrogen-bond donors (Lipinski definition) is 1. The normalized spacial score (nSPS) is 24.0. The predicted octanol–water partition coefficient (Wildman–Crippen LogP) is 1.84. The summed E-state index contributed by atoms with van der Waals surface area (Å²) in [6, 6.07) is 7.68. The largest absolute Gasteiger partial charge is 0.317 e. The molecule has 0 radical (unpaired) electrons. The molecule has 1 aromatic carbocycles. The van der Waals surface area contributed by atoms with Crippen molar-refractivity contribution in [2.24, 2.45) is 0 Å². The van der Waals surface area contributed by atoms with Crippen LogP contribution in [-0.4, -0.2) is 13.0 Å². The molecule has 0 saturated heterocycles. The van der Waals surface area contributed by atoms with E-state index < -0.39 is 13.0 Å². The first-order valence-electron chi connectivity index (χ1n) is 6.01. The highest BCUT2D eigenvalue weighted by Gasteiger charge is 1.97. The topological polar surface area (TPSA) is 12.0 Å². The molecular formula is C10H15N. The average Bonchev–Trinajstić information content (AvgIpc) is 2.16. The van der Waals surface area contributed by atoms with Gasteiger partial charge >= 0.3 is 0 Å². The van der Waals surface area contributed by atoms with Crippen LogP contribution >= 0.6 is 0 Å². The Morgan fingerprint density at radius 1 is 1.64 bits per heavy atom. The van der Waals surface area contributed by atoms with Crippen molar-refractivity contribution in [2.45, 2.75) is 19.4 Å². The molecule has 0 heterocycles. The van der Waals surface area contributed by atoms with Crippen LogP contribution in [0, 0.1) is 0 Å². The van der Waals surface area contributed by atoms with Crippen molar-refractivity contribution >= 4 is 0 Å². The number of nitrogens with one attached hydrogen (secondary N) is 1. The fraction of sp³-hybridized carbons (Fsp3) is 0.400. The second-order valence-electron chi connectivity index (χ2n) is 2.51. The minimum Gasteiger partial charge on any atom is -0.317 e. The molecule has 0 aliphatic rings. The molecule has 1 unspecified atom stereocenters. The molecule has 0 aliphatic heterocycles. The lowest BCUT2D eigenvalue weighted by molar-refractivity contribution is 0.608. The first-order valence-corrected chi connectivity index (χ1v) is 3.57. The predicted molar refractivity (Wildman–Crippen MR) is 48.7 cm³/mol. The first-order chi connectivity index (χ1) is 7.23. The Labute approximate surface area is 75.5 Å². The second-order valence-corrected chi connectivity index (χ2v) is 2.51. The highest BCUT2D eigenvalue weighted by Crippen LogP contribution is 2.01. The lowest BCUT2D eigenvalue weighted by atomic mass is 10.1. The summed E-state index contributed by atoms with van der Waals surface area (Å²) < 4.78 is 36.7. The van der Waals surface area contributed by atoms with Crippen LogP contribution in [0.1, 0.15) is 18.0 Å². The quantitative estimate of drug-likeness (QED) is 0.700. The Balaban J connectivity index is 2.80. The third kappa shape index (κ3) is 2.72. The molecule has 11 heavy (non-hydrogen) atoms. The molecule has 0 spiro atoms. The van der Waals surface area contributed by atoms with Crippen LogP contribution in [0.25, 0.3) is 0 Å². The van der Waals surface area contributed by atoms with Crippen LogP contribution in [0.2, 0.25) is 1.41 Å². The summed E-state index contributed by atoms with van der Waals surface area (Å²) in [6.45, 7) is -1.13. The van der Waals surface area contributed by atoms with E-state index in [9.17, 15) is 0 Å².